The number of carbonyl (C=O) groups is 2. The molecule has 1 fully saturated rings. The second-order valence-corrected chi connectivity index (χ2v) is 4.74. The van der Waals surface area contributed by atoms with Gasteiger partial charge in [-0.3, -0.25) is 14.4 Å². The molecule has 7 heteroatoms. The first kappa shape index (κ1) is 15.2. The summed E-state index contributed by atoms with van der Waals surface area (Å²) in [6.45, 7) is 4.35. The Bertz CT molecular complexity index is 576. The number of nitrogens with one attached hydrogen (secondary N) is 1. The van der Waals surface area contributed by atoms with Crippen molar-refractivity contribution < 1.29 is 14.3 Å². The molecule has 1 N–H and O–H groups in total. The molecule has 1 aliphatic heterocycles. The van der Waals surface area contributed by atoms with Crippen LogP contribution in [0.1, 0.15) is 17.3 Å². The second kappa shape index (κ2) is 7.03. The van der Waals surface area contributed by atoms with Crippen LogP contribution in [0.15, 0.2) is 23.1 Å². The first-order valence-corrected chi connectivity index (χ1v) is 6.96. The SMILES string of the molecule is CCNC(=O)c1ccc(=O)n(CC(=O)N2CCOCC2)c1. The van der Waals surface area contributed by atoms with Gasteiger partial charge in [0.05, 0.1) is 18.8 Å². The summed E-state index contributed by atoms with van der Waals surface area (Å²) < 4.78 is 6.45. The lowest BCUT2D eigenvalue weighted by molar-refractivity contribution is -0.135. The Balaban J connectivity index is 2.11. The fraction of sp³-hybridized carbons (Fsp3) is 0.500. The maximum absolute atomic E-state index is 12.1. The summed E-state index contributed by atoms with van der Waals surface area (Å²) in [6.07, 6.45) is 1.42. The molecular weight excluding hydrogens is 274 g/mol. The van der Waals surface area contributed by atoms with Crippen LogP contribution in [0.3, 0.4) is 0 Å². The van der Waals surface area contributed by atoms with E-state index >= 15 is 0 Å². The lowest BCUT2D eigenvalue weighted by Crippen LogP contribution is -2.43. The number of rotatable bonds is 4. The van der Waals surface area contributed by atoms with Crippen molar-refractivity contribution >= 4 is 11.8 Å². The Hall–Kier alpha value is -2.15. The van der Waals surface area contributed by atoms with Crippen LogP contribution in [0.25, 0.3) is 0 Å². The molecule has 21 heavy (non-hydrogen) atoms. The molecule has 1 aromatic heterocycles. The Labute approximate surface area is 122 Å². The van der Waals surface area contributed by atoms with Gasteiger partial charge in [-0.15, -0.1) is 0 Å². The minimum Gasteiger partial charge on any atom is -0.378 e. The van der Waals surface area contributed by atoms with Gasteiger partial charge in [0.25, 0.3) is 11.5 Å². The minimum absolute atomic E-state index is 0.0634. The van der Waals surface area contributed by atoms with Gasteiger partial charge in [-0.2, -0.15) is 0 Å². The molecule has 1 aromatic rings. The van der Waals surface area contributed by atoms with Crippen molar-refractivity contribution in [2.24, 2.45) is 0 Å². The summed E-state index contributed by atoms with van der Waals surface area (Å²) in [5.41, 5.74) is 0.0656. The molecular formula is C14H19N3O4. The fourth-order valence-corrected chi connectivity index (χ4v) is 2.11. The summed E-state index contributed by atoms with van der Waals surface area (Å²) in [5.74, 6) is -0.404. The van der Waals surface area contributed by atoms with Gasteiger partial charge in [0.2, 0.25) is 5.91 Å². The lowest BCUT2D eigenvalue weighted by atomic mass is 10.2. The molecule has 2 amide bonds. The first-order valence-electron chi connectivity index (χ1n) is 6.96. The van der Waals surface area contributed by atoms with Gasteiger partial charge in [-0.1, -0.05) is 0 Å². The van der Waals surface area contributed by atoms with Crippen LogP contribution >= 0.6 is 0 Å². The number of hydrogen-bond donors (Lipinski definition) is 1. The molecule has 0 atom stereocenters. The van der Waals surface area contributed by atoms with Gasteiger partial charge in [0.1, 0.15) is 6.54 Å². The number of morpholine rings is 1. The van der Waals surface area contributed by atoms with Crippen molar-refractivity contribution in [1.82, 2.24) is 14.8 Å². The highest BCUT2D eigenvalue weighted by Crippen LogP contribution is 2.01. The number of aromatic nitrogens is 1. The fourth-order valence-electron chi connectivity index (χ4n) is 2.11. The van der Waals surface area contributed by atoms with E-state index < -0.39 is 0 Å². The van der Waals surface area contributed by atoms with Crippen molar-refractivity contribution in [1.29, 1.82) is 0 Å². The third-order valence-electron chi connectivity index (χ3n) is 3.25. The summed E-state index contributed by atoms with van der Waals surface area (Å²) >= 11 is 0. The quantitative estimate of drug-likeness (QED) is 0.808. The van der Waals surface area contributed by atoms with Crippen LogP contribution < -0.4 is 10.9 Å². The van der Waals surface area contributed by atoms with E-state index in [1.807, 2.05) is 6.92 Å². The maximum Gasteiger partial charge on any atom is 0.252 e. The van der Waals surface area contributed by atoms with Gasteiger partial charge in [-0.25, -0.2) is 0 Å². The van der Waals surface area contributed by atoms with E-state index in [4.69, 9.17) is 4.74 Å². The number of pyridine rings is 1. The zero-order chi connectivity index (χ0) is 15.2. The highest BCUT2D eigenvalue weighted by atomic mass is 16.5. The molecule has 114 valence electrons. The van der Waals surface area contributed by atoms with E-state index in [0.29, 0.717) is 38.4 Å². The van der Waals surface area contributed by atoms with Crippen molar-refractivity contribution in [3.8, 4) is 0 Å². The number of carbonyl (C=O) groups excluding carboxylic acids is 2. The van der Waals surface area contributed by atoms with Crippen LogP contribution in [0, 0.1) is 0 Å². The third-order valence-corrected chi connectivity index (χ3v) is 3.25. The molecule has 0 unspecified atom stereocenters. The topological polar surface area (TPSA) is 80.6 Å². The van der Waals surface area contributed by atoms with E-state index in [-0.39, 0.29) is 23.9 Å². The van der Waals surface area contributed by atoms with E-state index in [0.717, 1.165) is 0 Å². The molecule has 0 saturated carbocycles. The number of nitrogens with zero attached hydrogens (tertiary/aromatic N) is 2. The van der Waals surface area contributed by atoms with E-state index in [2.05, 4.69) is 5.32 Å². The van der Waals surface area contributed by atoms with Crippen LogP contribution in [0.2, 0.25) is 0 Å². The standard InChI is InChI=1S/C14H19N3O4/c1-2-15-14(20)11-3-4-12(18)17(9-11)10-13(19)16-5-7-21-8-6-16/h3-4,9H,2,5-8,10H2,1H3,(H,15,20). The average molecular weight is 293 g/mol. The van der Waals surface area contributed by atoms with E-state index in [1.54, 1.807) is 4.90 Å². The molecule has 7 nitrogen and oxygen atoms in total. The largest absolute Gasteiger partial charge is 0.378 e. The van der Waals surface area contributed by atoms with Crippen LogP contribution in [0.5, 0.6) is 0 Å². The third kappa shape index (κ3) is 3.91. The van der Waals surface area contributed by atoms with Crippen molar-refractivity contribution in [3.63, 3.8) is 0 Å². The van der Waals surface area contributed by atoms with Crippen LogP contribution in [0.4, 0.5) is 0 Å². The molecule has 1 aliphatic rings. The molecule has 0 radical (unpaired) electrons. The van der Waals surface area contributed by atoms with E-state index in [9.17, 15) is 14.4 Å². The zero-order valence-electron chi connectivity index (χ0n) is 12.0. The van der Waals surface area contributed by atoms with Gasteiger partial charge in [-0.05, 0) is 13.0 Å². The van der Waals surface area contributed by atoms with Crippen molar-refractivity contribution in [2.45, 2.75) is 13.5 Å². The monoisotopic (exact) mass is 293 g/mol. The van der Waals surface area contributed by atoms with Crippen molar-refractivity contribution in [3.05, 3.63) is 34.2 Å². The average Bonchev–Trinajstić information content (AvgIpc) is 2.50. The Morgan fingerprint density at radius 3 is 2.67 bits per heavy atom. The molecule has 0 aliphatic carbocycles. The smallest absolute Gasteiger partial charge is 0.252 e. The Morgan fingerprint density at radius 1 is 1.29 bits per heavy atom. The molecule has 1 saturated heterocycles. The zero-order valence-corrected chi connectivity index (χ0v) is 12.0. The van der Waals surface area contributed by atoms with Gasteiger partial charge >= 0.3 is 0 Å². The predicted molar refractivity (Wildman–Crippen MR) is 76.1 cm³/mol. The molecule has 0 spiro atoms. The maximum atomic E-state index is 12.1. The molecule has 0 aromatic carbocycles. The summed E-state index contributed by atoms with van der Waals surface area (Å²) in [4.78, 5) is 37.4. The van der Waals surface area contributed by atoms with E-state index in [1.165, 1.54) is 22.9 Å². The number of hydrogen-bond acceptors (Lipinski definition) is 4. The predicted octanol–water partition coefficient (Wildman–Crippen LogP) is -0.543. The summed E-state index contributed by atoms with van der Waals surface area (Å²) in [6, 6.07) is 2.76. The second-order valence-electron chi connectivity index (χ2n) is 4.74. The van der Waals surface area contributed by atoms with Crippen LogP contribution in [-0.4, -0.2) is 54.1 Å². The Kier molecular flexibility index (Phi) is 5.10. The van der Waals surface area contributed by atoms with Crippen molar-refractivity contribution in [2.75, 3.05) is 32.8 Å². The first-order chi connectivity index (χ1) is 10.1. The summed E-state index contributed by atoms with van der Waals surface area (Å²) in [7, 11) is 0. The lowest BCUT2D eigenvalue weighted by Gasteiger charge is -2.27. The molecule has 2 heterocycles. The number of amides is 2. The summed E-state index contributed by atoms with van der Waals surface area (Å²) in [5, 5.41) is 2.66. The van der Waals surface area contributed by atoms with Gasteiger partial charge in [0.15, 0.2) is 0 Å². The van der Waals surface area contributed by atoms with Gasteiger partial charge < -0.3 is 19.5 Å². The molecule has 2 rings (SSSR count). The highest BCUT2D eigenvalue weighted by Gasteiger charge is 2.18. The van der Waals surface area contributed by atoms with Crippen LogP contribution in [-0.2, 0) is 16.1 Å². The van der Waals surface area contributed by atoms with Gasteiger partial charge in [0, 0.05) is 31.9 Å². The minimum atomic E-state index is -0.301. The Morgan fingerprint density at radius 2 is 2.00 bits per heavy atom. The number of ether oxygens (including phenoxy) is 1. The molecule has 0 bridgehead atoms. The highest BCUT2D eigenvalue weighted by molar-refractivity contribution is 5.93. The normalized spacial score (nSPS) is 14.8.